The van der Waals surface area contributed by atoms with E-state index in [-0.39, 0.29) is 12.6 Å². The van der Waals surface area contributed by atoms with E-state index in [1.807, 2.05) is 0 Å². The molecule has 4 nitrogen and oxygen atoms in total. The lowest BCUT2D eigenvalue weighted by atomic mass is 9.88. The van der Waals surface area contributed by atoms with Crippen LogP contribution in [-0.2, 0) is 13.0 Å². The Bertz CT molecular complexity index is 576. The number of fused-ring (bicyclic) bond motifs is 1. The SMILES string of the molecule is CCC1c2c(OC)cc(CNCC(F)(F)F)c(OC)c2CCN1C. The Hall–Kier alpha value is -1.47. The summed E-state index contributed by atoms with van der Waals surface area (Å²) in [7, 11) is 5.23. The monoisotopic (exact) mass is 346 g/mol. The van der Waals surface area contributed by atoms with E-state index in [1.165, 1.54) is 0 Å². The zero-order chi connectivity index (χ0) is 17.9. The van der Waals surface area contributed by atoms with Gasteiger partial charge in [-0.15, -0.1) is 0 Å². The Kier molecular flexibility index (Phi) is 5.98. The molecular weight excluding hydrogens is 321 g/mol. The van der Waals surface area contributed by atoms with E-state index in [0.717, 1.165) is 30.5 Å². The number of rotatable bonds is 6. The largest absolute Gasteiger partial charge is 0.496 e. The molecule has 0 fully saturated rings. The molecule has 0 radical (unpaired) electrons. The molecule has 1 atom stereocenters. The van der Waals surface area contributed by atoms with Crippen molar-refractivity contribution in [1.29, 1.82) is 0 Å². The van der Waals surface area contributed by atoms with Gasteiger partial charge in [-0.3, -0.25) is 4.90 Å². The molecule has 136 valence electrons. The molecule has 1 unspecified atom stereocenters. The highest BCUT2D eigenvalue weighted by atomic mass is 19.4. The molecule has 7 heteroatoms. The lowest BCUT2D eigenvalue weighted by Gasteiger charge is -2.36. The third-order valence-electron chi connectivity index (χ3n) is 4.49. The molecule has 1 aromatic rings. The summed E-state index contributed by atoms with van der Waals surface area (Å²) in [5, 5.41) is 2.44. The molecule has 0 bridgehead atoms. The van der Waals surface area contributed by atoms with Gasteiger partial charge >= 0.3 is 6.18 Å². The second kappa shape index (κ2) is 7.61. The molecule has 0 saturated heterocycles. The number of hydrogen-bond acceptors (Lipinski definition) is 4. The first-order chi connectivity index (χ1) is 11.3. The van der Waals surface area contributed by atoms with Crippen LogP contribution in [0.5, 0.6) is 11.5 Å². The van der Waals surface area contributed by atoms with Crippen LogP contribution in [0.15, 0.2) is 6.07 Å². The minimum absolute atomic E-state index is 0.0823. The van der Waals surface area contributed by atoms with Crippen molar-refractivity contribution < 1.29 is 22.6 Å². The third kappa shape index (κ3) is 3.95. The number of ether oxygens (including phenoxy) is 2. The van der Waals surface area contributed by atoms with E-state index in [1.54, 1.807) is 20.3 Å². The molecule has 0 aliphatic carbocycles. The van der Waals surface area contributed by atoms with E-state index in [2.05, 4.69) is 24.2 Å². The number of nitrogens with zero attached hydrogens (tertiary/aromatic N) is 1. The Morgan fingerprint density at radius 2 is 2.00 bits per heavy atom. The van der Waals surface area contributed by atoms with E-state index in [9.17, 15) is 13.2 Å². The van der Waals surface area contributed by atoms with E-state index < -0.39 is 12.7 Å². The molecule has 0 saturated carbocycles. The zero-order valence-electron chi connectivity index (χ0n) is 14.6. The number of likely N-dealkylation sites (N-methyl/N-ethyl adjacent to an activating group) is 1. The van der Waals surface area contributed by atoms with E-state index in [0.29, 0.717) is 17.1 Å². The van der Waals surface area contributed by atoms with Crippen molar-refractivity contribution in [3.63, 3.8) is 0 Å². The average Bonchev–Trinajstić information content (AvgIpc) is 2.52. The zero-order valence-corrected chi connectivity index (χ0v) is 14.6. The number of alkyl halides is 3. The van der Waals surface area contributed by atoms with Gasteiger partial charge in [0.05, 0.1) is 20.8 Å². The fourth-order valence-electron chi connectivity index (χ4n) is 3.45. The van der Waals surface area contributed by atoms with E-state index in [4.69, 9.17) is 9.47 Å². The minimum Gasteiger partial charge on any atom is -0.496 e. The highest BCUT2D eigenvalue weighted by Gasteiger charge is 2.31. The molecule has 1 aromatic carbocycles. The fraction of sp³-hybridized carbons (Fsp3) is 0.647. The van der Waals surface area contributed by atoms with Crippen molar-refractivity contribution in [2.24, 2.45) is 0 Å². The van der Waals surface area contributed by atoms with Crippen LogP contribution < -0.4 is 14.8 Å². The maximum atomic E-state index is 12.4. The van der Waals surface area contributed by atoms with Crippen LogP contribution in [0.25, 0.3) is 0 Å². The molecule has 1 N–H and O–H groups in total. The van der Waals surface area contributed by atoms with Gasteiger partial charge in [0.1, 0.15) is 11.5 Å². The van der Waals surface area contributed by atoms with Crippen molar-refractivity contribution in [1.82, 2.24) is 10.2 Å². The molecular formula is C17H25F3N2O2. The highest BCUT2D eigenvalue weighted by Crippen LogP contribution is 2.43. The van der Waals surface area contributed by atoms with Gasteiger partial charge < -0.3 is 14.8 Å². The lowest BCUT2D eigenvalue weighted by Crippen LogP contribution is -2.33. The molecule has 0 amide bonds. The van der Waals surface area contributed by atoms with Crippen LogP contribution >= 0.6 is 0 Å². The maximum absolute atomic E-state index is 12.4. The summed E-state index contributed by atoms with van der Waals surface area (Å²) in [6.45, 7) is 2.04. The van der Waals surface area contributed by atoms with Crippen molar-refractivity contribution >= 4 is 0 Å². The maximum Gasteiger partial charge on any atom is 0.401 e. The van der Waals surface area contributed by atoms with Crippen LogP contribution in [0, 0.1) is 0 Å². The van der Waals surface area contributed by atoms with Crippen LogP contribution in [-0.4, -0.2) is 45.4 Å². The van der Waals surface area contributed by atoms with Crippen LogP contribution in [0.4, 0.5) is 13.2 Å². The van der Waals surface area contributed by atoms with Crippen molar-refractivity contribution in [2.75, 3.05) is 34.4 Å². The topological polar surface area (TPSA) is 33.7 Å². The summed E-state index contributed by atoms with van der Waals surface area (Å²) in [6.07, 6.45) is -2.52. The Morgan fingerprint density at radius 3 is 2.54 bits per heavy atom. The summed E-state index contributed by atoms with van der Waals surface area (Å²) in [5.74, 6) is 1.39. The summed E-state index contributed by atoms with van der Waals surface area (Å²) >= 11 is 0. The van der Waals surface area contributed by atoms with Crippen LogP contribution in [0.2, 0.25) is 0 Å². The summed E-state index contributed by atoms with van der Waals surface area (Å²) in [5.41, 5.74) is 2.83. The van der Waals surface area contributed by atoms with E-state index >= 15 is 0 Å². The molecule has 2 rings (SSSR count). The lowest BCUT2D eigenvalue weighted by molar-refractivity contribution is -0.125. The summed E-state index contributed by atoms with van der Waals surface area (Å²) < 4.78 is 48.2. The van der Waals surface area contributed by atoms with Gasteiger partial charge in [-0.25, -0.2) is 0 Å². The molecule has 24 heavy (non-hydrogen) atoms. The standard InChI is InChI=1S/C17H25F3N2O2/c1-5-13-15-12(6-7-22(13)2)16(24-4)11(8-14(15)23-3)9-21-10-17(18,19)20/h8,13,21H,5-7,9-10H2,1-4H3. The van der Waals surface area contributed by atoms with Gasteiger partial charge in [0.15, 0.2) is 0 Å². The Labute approximate surface area is 140 Å². The van der Waals surface area contributed by atoms with Crippen molar-refractivity contribution in [3.8, 4) is 11.5 Å². The molecule has 0 spiro atoms. The minimum atomic E-state index is -4.23. The number of methoxy groups -OCH3 is 2. The predicted octanol–water partition coefficient (Wildman–Crippen LogP) is 3.29. The molecule has 1 aliphatic rings. The first-order valence-corrected chi connectivity index (χ1v) is 8.06. The third-order valence-corrected chi connectivity index (χ3v) is 4.49. The number of nitrogens with one attached hydrogen (secondary N) is 1. The van der Waals surface area contributed by atoms with Crippen LogP contribution in [0.1, 0.15) is 36.1 Å². The van der Waals surface area contributed by atoms with Gasteiger partial charge in [0.25, 0.3) is 0 Å². The first kappa shape index (κ1) is 18.9. The summed E-state index contributed by atoms with van der Waals surface area (Å²) in [6, 6.07) is 2.01. The quantitative estimate of drug-likeness (QED) is 0.857. The number of hydrogen-bond donors (Lipinski definition) is 1. The van der Waals surface area contributed by atoms with Crippen molar-refractivity contribution in [2.45, 2.75) is 38.5 Å². The number of benzene rings is 1. The molecule has 1 aliphatic heterocycles. The average molecular weight is 346 g/mol. The fourth-order valence-corrected chi connectivity index (χ4v) is 3.45. The van der Waals surface area contributed by atoms with Gasteiger partial charge in [0, 0.05) is 35.8 Å². The highest BCUT2D eigenvalue weighted by molar-refractivity contribution is 5.56. The second-order valence-electron chi connectivity index (χ2n) is 6.04. The van der Waals surface area contributed by atoms with Gasteiger partial charge in [-0.05, 0) is 26.0 Å². The molecule has 0 aromatic heterocycles. The van der Waals surface area contributed by atoms with Gasteiger partial charge in [0.2, 0.25) is 0 Å². The molecule has 1 heterocycles. The first-order valence-electron chi connectivity index (χ1n) is 8.06. The predicted molar refractivity (Wildman–Crippen MR) is 86.7 cm³/mol. The normalized spacial score (nSPS) is 18.4. The number of halogens is 3. The van der Waals surface area contributed by atoms with Crippen LogP contribution in [0.3, 0.4) is 0 Å². The Morgan fingerprint density at radius 1 is 1.29 bits per heavy atom. The van der Waals surface area contributed by atoms with Gasteiger partial charge in [-0.2, -0.15) is 13.2 Å². The van der Waals surface area contributed by atoms with Crippen molar-refractivity contribution in [3.05, 3.63) is 22.8 Å². The Balaban J connectivity index is 2.40. The van der Waals surface area contributed by atoms with Gasteiger partial charge in [-0.1, -0.05) is 6.92 Å². The smallest absolute Gasteiger partial charge is 0.401 e. The second-order valence-corrected chi connectivity index (χ2v) is 6.04. The summed E-state index contributed by atoms with van der Waals surface area (Å²) in [4.78, 5) is 2.27.